The van der Waals surface area contributed by atoms with E-state index in [1.165, 1.54) is 102 Å². The summed E-state index contributed by atoms with van der Waals surface area (Å²) in [5.74, 6) is 0.720. The Kier molecular flexibility index (Phi) is 16.1. The van der Waals surface area contributed by atoms with Gasteiger partial charge < -0.3 is 0 Å². The molecule has 4 aromatic heterocycles. The van der Waals surface area contributed by atoms with Crippen LogP contribution >= 0.6 is 22.7 Å². The summed E-state index contributed by atoms with van der Waals surface area (Å²) in [6.07, 6.45) is 0. The molecule has 98 heavy (non-hydrogen) atoms. The molecule has 0 saturated heterocycles. The average Bonchev–Trinajstić information content (AvgIpc) is 1.61. The fourth-order valence-corrected chi connectivity index (χ4v) is 15.9. The van der Waals surface area contributed by atoms with Crippen molar-refractivity contribution in [2.24, 2.45) is 0 Å². The lowest BCUT2D eigenvalue weighted by Gasteiger charge is -2.12. The van der Waals surface area contributed by atoms with Crippen molar-refractivity contribution in [3.8, 4) is 134 Å². The van der Waals surface area contributed by atoms with E-state index in [2.05, 4.69) is 322 Å². The zero-order valence-electron chi connectivity index (χ0n) is 53.4. The third kappa shape index (κ3) is 12.1. The standard InChI is InChI=1S/C47H31NS.C46H30N2S/c1-3-12-34(13-4-1)44-30-40(31-45(48-44)35-14-5-2-6-15-35)38-18-9-16-36(28-38)32-24-26-33(27-25-32)37-17-10-19-39(29-37)41-21-11-22-43-42-20-7-8-23-46(42)49-47(41)43;1-3-12-33(13-4-1)42-30-43(48-46(47-42)34-14-5-2-6-15-34)38-19-10-17-36(29-38)32-26-24-31(25-27-32)35-16-9-18-37(28-35)39-21-11-22-41-40-20-7-8-23-44(40)49-45(39)41/h1-31H;1-30H. The second kappa shape index (κ2) is 26.5. The molecule has 5 heteroatoms. The Bertz CT molecular complexity index is 5420. The number of benzene rings is 14. The van der Waals surface area contributed by atoms with E-state index in [-0.39, 0.29) is 0 Å². The SMILES string of the molecule is c1ccc(-c2cc(-c3cccc(-c4ccc(-c5cccc(-c6cccc7c6sc6ccccc67)c5)cc4)c3)cc(-c3ccccc3)n2)cc1.c1ccc(-c2cc(-c3cccc(-c4ccc(-c5cccc(-c6cccc7c6sc6ccccc67)c5)cc4)c3)nc(-c3ccccc3)n2)cc1. The van der Waals surface area contributed by atoms with Crippen LogP contribution in [0.25, 0.3) is 175 Å². The molecule has 18 rings (SSSR count). The zero-order valence-corrected chi connectivity index (χ0v) is 55.0. The Hall–Kier alpha value is -12.3. The van der Waals surface area contributed by atoms with Crippen LogP contribution in [0.2, 0.25) is 0 Å². The molecule has 0 spiro atoms. The molecule has 0 aliphatic heterocycles. The monoisotopic (exact) mass is 1280 g/mol. The summed E-state index contributed by atoms with van der Waals surface area (Å²) in [6, 6.07) is 132. The first-order chi connectivity index (χ1) is 48.5. The molecule has 0 fully saturated rings. The van der Waals surface area contributed by atoms with Gasteiger partial charge in [-0.3, -0.25) is 0 Å². The maximum absolute atomic E-state index is 5.07. The van der Waals surface area contributed by atoms with Crippen LogP contribution in [0.15, 0.2) is 370 Å². The molecule has 0 radical (unpaired) electrons. The third-order valence-electron chi connectivity index (χ3n) is 18.4. The summed E-state index contributed by atoms with van der Waals surface area (Å²) >= 11 is 3.75. The Morgan fingerprint density at radius 3 is 0.867 bits per heavy atom. The molecule has 0 bridgehead atoms. The van der Waals surface area contributed by atoms with E-state index in [9.17, 15) is 0 Å². The Labute approximate surface area is 578 Å². The minimum atomic E-state index is 0.720. The largest absolute Gasteiger partial charge is 0.248 e. The highest BCUT2D eigenvalue weighted by Gasteiger charge is 2.17. The fraction of sp³-hybridized carbons (Fsp3) is 0. The number of rotatable bonds is 12. The number of pyridine rings is 1. The van der Waals surface area contributed by atoms with E-state index in [1.54, 1.807) is 0 Å². The normalized spacial score (nSPS) is 11.3. The van der Waals surface area contributed by atoms with Gasteiger partial charge in [-0.05, 0) is 132 Å². The molecule has 0 N–H and O–H groups in total. The highest BCUT2D eigenvalue weighted by atomic mass is 32.1. The molecule has 0 amide bonds. The molecule has 18 aromatic rings. The third-order valence-corrected chi connectivity index (χ3v) is 20.8. The van der Waals surface area contributed by atoms with Crippen LogP contribution in [0.4, 0.5) is 0 Å². The van der Waals surface area contributed by atoms with Crippen molar-refractivity contribution in [2.45, 2.75) is 0 Å². The summed E-state index contributed by atoms with van der Waals surface area (Å²) in [7, 11) is 0. The lowest BCUT2D eigenvalue weighted by molar-refractivity contribution is 1.18. The molecule has 4 heterocycles. The zero-order chi connectivity index (χ0) is 65.1. The number of hydrogen-bond acceptors (Lipinski definition) is 5. The fourth-order valence-electron chi connectivity index (χ4n) is 13.4. The maximum atomic E-state index is 5.07. The molecule has 0 saturated carbocycles. The van der Waals surface area contributed by atoms with Gasteiger partial charge in [0.15, 0.2) is 5.82 Å². The van der Waals surface area contributed by atoms with E-state index in [1.807, 2.05) is 71.2 Å². The van der Waals surface area contributed by atoms with Crippen molar-refractivity contribution in [1.29, 1.82) is 0 Å². The summed E-state index contributed by atoms with van der Waals surface area (Å²) in [5, 5.41) is 5.31. The van der Waals surface area contributed by atoms with Crippen LogP contribution in [0.3, 0.4) is 0 Å². The van der Waals surface area contributed by atoms with Crippen LogP contribution in [0.5, 0.6) is 0 Å². The first-order valence-electron chi connectivity index (χ1n) is 33.1. The second-order valence-corrected chi connectivity index (χ2v) is 26.7. The lowest BCUT2D eigenvalue weighted by atomic mass is 9.95. The van der Waals surface area contributed by atoms with Crippen molar-refractivity contribution in [1.82, 2.24) is 15.0 Å². The highest BCUT2D eigenvalue weighted by molar-refractivity contribution is 7.26. The van der Waals surface area contributed by atoms with Gasteiger partial charge in [-0.25, -0.2) is 15.0 Å². The van der Waals surface area contributed by atoms with Gasteiger partial charge in [0.05, 0.1) is 22.8 Å². The number of thiophene rings is 2. The van der Waals surface area contributed by atoms with E-state index < -0.39 is 0 Å². The molecule has 0 aliphatic rings. The van der Waals surface area contributed by atoms with E-state index >= 15 is 0 Å². The average molecular weight is 1280 g/mol. The summed E-state index contributed by atoms with van der Waals surface area (Å²) in [6.45, 7) is 0. The van der Waals surface area contributed by atoms with Crippen molar-refractivity contribution in [2.75, 3.05) is 0 Å². The Balaban J connectivity index is 0.000000147. The van der Waals surface area contributed by atoms with E-state index in [0.717, 1.165) is 73.1 Å². The molecule has 0 aliphatic carbocycles. The van der Waals surface area contributed by atoms with Gasteiger partial charge in [-0.1, -0.05) is 315 Å². The molecular weight excluding hydrogens is 1220 g/mol. The van der Waals surface area contributed by atoms with Gasteiger partial charge in [0.25, 0.3) is 0 Å². The predicted molar refractivity (Wildman–Crippen MR) is 417 cm³/mol. The molecule has 3 nitrogen and oxygen atoms in total. The van der Waals surface area contributed by atoms with Crippen molar-refractivity contribution in [3.63, 3.8) is 0 Å². The quantitative estimate of drug-likeness (QED) is 0.122. The molecule has 0 atom stereocenters. The van der Waals surface area contributed by atoms with Gasteiger partial charge in [-0.2, -0.15) is 0 Å². The Morgan fingerprint density at radius 2 is 0.449 bits per heavy atom. The van der Waals surface area contributed by atoms with E-state index in [4.69, 9.17) is 15.0 Å². The van der Waals surface area contributed by atoms with Crippen LogP contribution < -0.4 is 0 Å². The van der Waals surface area contributed by atoms with Crippen molar-refractivity contribution < 1.29 is 0 Å². The molecule has 460 valence electrons. The van der Waals surface area contributed by atoms with E-state index in [0.29, 0.717) is 0 Å². The minimum absolute atomic E-state index is 0.720. The topological polar surface area (TPSA) is 38.7 Å². The van der Waals surface area contributed by atoms with Crippen LogP contribution in [0.1, 0.15) is 0 Å². The van der Waals surface area contributed by atoms with Gasteiger partial charge in [0, 0.05) is 68.2 Å². The van der Waals surface area contributed by atoms with Gasteiger partial charge in [0.2, 0.25) is 0 Å². The van der Waals surface area contributed by atoms with Gasteiger partial charge in [-0.15, -0.1) is 22.7 Å². The highest BCUT2D eigenvalue weighted by Crippen LogP contribution is 2.44. The van der Waals surface area contributed by atoms with Gasteiger partial charge >= 0.3 is 0 Å². The number of aromatic nitrogens is 3. The number of hydrogen-bond donors (Lipinski definition) is 0. The molecule has 0 unspecified atom stereocenters. The summed E-state index contributed by atoms with van der Waals surface area (Å²) in [5.41, 5.74) is 26.0. The first-order valence-corrected chi connectivity index (χ1v) is 34.7. The molecule has 14 aromatic carbocycles. The Morgan fingerprint density at radius 1 is 0.163 bits per heavy atom. The smallest absolute Gasteiger partial charge is 0.160 e. The van der Waals surface area contributed by atoms with Crippen LogP contribution in [0, 0.1) is 0 Å². The molecular formula is C93H61N3S2. The van der Waals surface area contributed by atoms with Crippen molar-refractivity contribution in [3.05, 3.63) is 370 Å². The second-order valence-electron chi connectivity index (χ2n) is 24.6. The summed E-state index contributed by atoms with van der Waals surface area (Å²) in [4.78, 5) is 15.1. The maximum Gasteiger partial charge on any atom is 0.160 e. The summed E-state index contributed by atoms with van der Waals surface area (Å²) < 4.78 is 5.34. The first kappa shape index (κ1) is 59.5. The number of nitrogens with zero attached hydrogens (tertiary/aromatic N) is 3. The number of fused-ring (bicyclic) bond motifs is 6. The van der Waals surface area contributed by atoms with Crippen LogP contribution in [-0.2, 0) is 0 Å². The van der Waals surface area contributed by atoms with Crippen molar-refractivity contribution >= 4 is 63.0 Å². The lowest BCUT2D eigenvalue weighted by Crippen LogP contribution is -1.96. The minimum Gasteiger partial charge on any atom is -0.248 e. The van der Waals surface area contributed by atoms with Crippen LogP contribution in [-0.4, -0.2) is 15.0 Å². The predicted octanol–water partition coefficient (Wildman–Crippen LogP) is 26.3. The van der Waals surface area contributed by atoms with Gasteiger partial charge in [0.1, 0.15) is 0 Å².